The molecule has 0 bridgehead atoms. The van der Waals surface area contributed by atoms with Gasteiger partial charge in [-0.3, -0.25) is 4.79 Å². The molecule has 0 aromatic rings. The van der Waals surface area contributed by atoms with Crippen molar-refractivity contribution in [1.82, 2.24) is 0 Å². The van der Waals surface area contributed by atoms with Crippen molar-refractivity contribution in [3.8, 4) is 0 Å². The summed E-state index contributed by atoms with van der Waals surface area (Å²) >= 11 is 0. The highest BCUT2D eigenvalue weighted by Gasteiger charge is 2.88. The molecule has 0 aromatic carbocycles. The van der Waals surface area contributed by atoms with E-state index in [1.54, 1.807) is 0 Å². The Bertz CT molecular complexity index is 380. The Morgan fingerprint density at radius 1 is 0.650 bits per heavy atom. The van der Waals surface area contributed by atoms with Gasteiger partial charge in [0.05, 0.1) is 0 Å². The molecule has 0 rings (SSSR count). The number of hydrogen-bond donors (Lipinski definition) is 0. The first-order chi connectivity index (χ1) is 8.48. The molecule has 0 aliphatic carbocycles. The van der Waals surface area contributed by atoms with Crippen LogP contribution < -0.4 is 0 Å². The van der Waals surface area contributed by atoms with Crippen molar-refractivity contribution in [3.05, 3.63) is 0 Å². The molecule has 0 fully saturated rings. The lowest BCUT2D eigenvalue weighted by atomic mass is 9.96. The molecule has 0 aromatic heterocycles. The molecule has 1 nitrogen and oxygen atoms in total. The number of halogens is 12. The van der Waals surface area contributed by atoms with E-state index >= 15 is 0 Å². The molecule has 0 saturated heterocycles. The van der Waals surface area contributed by atoms with Crippen LogP contribution in [0.5, 0.6) is 0 Å². The van der Waals surface area contributed by atoms with E-state index in [0.29, 0.717) is 0 Å². The largest absolute Gasteiger partial charge is 0.460 e. The summed E-state index contributed by atoms with van der Waals surface area (Å²) in [6.07, 6.45) is -7.31. The van der Waals surface area contributed by atoms with Crippen molar-refractivity contribution in [2.45, 2.75) is 29.9 Å². The van der Waals surface area contributed by atoms with Crippen molar-refractivity contribution in [3.63, 3.8) is 0 Å². The maximum Gasteiger partial charge on any atom is 0.460 e. The first-order valence-electron chi connectivity index (χ1n) is 4.15. The molecule has 120 valence electrons. The van der Waals surface area contributed by atoms with Crippen LogP contribution in [0.1, 0.15) is 0 Å². The molecule has 0 aliphatic rings. The number of rotatable bonds is 5. The van der Waals surface area contributed by atoms with Gasteiger partial charge >= 0.3 is 29.9 Å². The van der Waals surface area contributed by atoms with Crippen LogP contribution in [0, 0.1) is 0 Å². The van der Waals surface area contributed by atoms with Crippen molar-refractivity contribution in [2.24, 2.45) is 0 Å². The van der Waals surface area contributed by atoms with E-state index in [1.807, 2.05) is 0 Å². The van der Waals surface area contributed by atoms with E-state index in [9.17, 15) is 57.5 Å². The first kappa shape index (κ1) is 18.8. The fraction of sp³-hybridized carbons (Fsp3) is 0.857. The van der Waals surface area contributed by atoms with Crippen LogP contribution in [-0.2, 0) is 4.79 Å². The minimum absolute atomic E-state index is 2.98. The van der Waals surface area contributed by atoms with Crippen LogP contribution in [0.3, 0.4) is 0 Å². The number of carbonyl (C=O) groups excluding carboxylic acids is 1. The predicted molar refractivity (Wildman–Crippen MR) is 36.8 cm³/mol. The van der Waals surface area contributed by atoms with Gasteiger partial charge < -0.3 is 0 Å². The van der Waals surface area contributed by atoms with Crippen LogP contribution in [0.15, 0.2) is 0 Å². The highest BCUT2D eigenvalue weighted by Crippen LogP contribution is 2.57. The number of alkyl halides is 12. The summed E-state index contributed by atoms with van der Waals surface area (Å²) < 4.78 is 146. The molecule has 13 heteroatoms. The van der Waals surface area contributed by atoms with E-state index < -0.39 is 42.3 Å². The van der Waals surface area contributed by atoms with Gasteiger partial charge in [-0.2, -0.15) is 48.3 Å². The highest BCUT2D eigenvalue weighted by molar-refractivity contribution is 5.88. The molecule has 0 heterocycles. The quantitative estimate of drug-likeness (QED) is 0.704. The van der Waals surface area contributed by atoms with Crippen molar-refractivity contribution in [1.29, 1.82) is 0 Å². The third-order valence-corrected chi connectivity index (χ3v) is 2.01. The van der Waals surface area contributed by atoms with E-state index in [-0.39, 0.29) is 0 Å². The summed E-state index contributed by atoms with van der Waals surface area (Å²) in [4.78, 5) is 10.0. The van der Waals surface area contributed by atoms with Gasteiger partial charge in [-0.1, -0.05) is 0 Å². The second-order valence-corrected chi connectivity index (χ2v) is 3.35. The zero-order valence-electron chi connectivity index (χ0n) is 8.65. The van der Waals surface area contributed by atoms with E-state index in [0.717, 1.165) is 0 Å². The Kier molecular flexibility index (Phi) is 4.41. The van der Waals surface area contributed by atoms with Gasteiger partial charge in [0, 0.05) is 0 Å². The fourth-order valence-electron chi connectivity index (χ4n) is 0.831. The molecule has 0 saturated carbocycles. The van der Waals surface area contributed by atoms with E-state index in [4.69, 9.17) is 0 Å². The molecular formula is C7H2F12O. The summed E-state index contributed by atoms with van der Waals surface area (Å²) in [6, 6.07) is 0. The van der Waals surface area contributed by atoms with Crippen LogP contribution in [0.2, 0.25) is 0 Å². The summed E-state index contributed by atoms with van der Waals surface area (Å²) in [5.41, 5.74) is 0. The average Bonchev–Trinajstić information content (AvgIpc) is 2.25. The molecule has 0 unspecified atom stereocenters. The smallest absolute Gasteiger partial charge is 0.290 e. The normalized spacial score (nSPS) is 15.4. The van der Waals surface area contributed by atoms with Crippen LogP contribution in [0.4, 0.5) is 52.7 Å². The topological polar surface area (TPSA) is 17.1 Å². The number of hydrogen-bond acceptors (Lipinski definition) is 1. The van der Waals surface area contributed by atoms with Crippen molar-refractivity contribution in [2.75, 3.05) is 6.67 Å². The van der Waals surface area contributed by atoms with Gasteiger partial charge in [-0.15, -0.1) is 0 Å². The van der Waals surface area contributed by atoms with Gasteiger partial charge in [0.25, 0.3) is 0 Å². The molecule has 0 radical (unpaired) electrons. The van der Waals surface area contributed by atoms with Crippen LogP contribution in [0.25, 0.3) is 0 Å². The molecule has 0 spiro atoms. The average molecular weight is 330 g/mol. The predicted octanol–water partition coefficient (Wildman–Crippen LogP) is 3.63. The Balaban J connectivity index is 6.00. The van der Waals surface area contributed by atoms with Crippen LogP contribution >= 0.6 is 0 Å². The van der Waals surface area contributed by atoms with Gasteiger partial charge in [-0.05, 0) is 0 Å². The van der Waals surface area contributed by atoms with E-state index in [1.165, 1.54) is 0 Å². The summed E-state index contributed by atoms with van der Waals surface area (Å²) in [6.45, 7) is -2.98. The third-order valence-electron chi connectivity index (χ3n) is 2.01. The Morgan fingerprint density at radius 3 is 1.25 bits per heavy atom. The van der Waals surface area contributed by atoms with E-state index in [2.05, 4.69) is 0 Å². The molecule has 0 N–H and O–H groups in total. The standard InChI is InChI=1S/C7H2F12O/c8-1-2(20)3(9,10)4(11,12)5(13,14)6(15,16)7(17,18)19/h1H2. The molecule has 0 amide bonds. The lowest BCUT2D eigenvalue weighted by Gasteiger charge is -2.36. The second-order valence-electron chi connectivity index (χ2n) is 3.35. The van der Waals surface area contributed by atoms with Gasteiger partial charge in [0.15, 0.2) is 6.67 Å². The zero-order valence-corrected chi connectivity index (χ0v) is 8.65. The van der Waals surface area contributed by atoms with Crippen molar-refractivity contribution < 1.29 is 57.5 Å². The molecular weight excluding hydrogens is 328 g/mol. The lowest BCUT2D eigenvalue weighted by Crippen LogP contribution is -2.68. The maximum atomic E-state index is 12.6. The summed E-state index contributed by atoms with van der Waals surface area (Å²) in [7, 11) is 0. The van der Waals surface area contributed by atoms with Gasteiger partial charge in [0.1, 0.15) is 0 Å². The number of Topliss-reactive ketones (excluding diaryl/α,β-unsaturated/α-hetero) is 1. The maximum absolute atomic E-state index is 12.6. The minimum atomic E-state index is -7.69. The van der Waals surface area contributed by atoms with Gasteiger partial charge in [0.2, 0.25) is 5.78 Å². The molecule has 20 heavy (non-hydrogen) atoms. The van der Waals surface area contributed by atoms with Gasteiger partial charge in [-0.25, -0.2) is 4.39 Å². The lowest BCUT2D eigenvalue weighted by molar-refractivity contribution is -0.416. The third kappa shape index (κ3) is 2.30. The Morgan fingerprint density at radius 2 is 1.00 bits per heavy atom. The number of carbonyl (C=O) groups is 1. The van der Waals surface area contributed by atoms with Crippen LogP contribution in [-0.4, -0.2) is 42.3 Å². The number of ketones is 1. The summed E-state index contributed by atoms with van der Waals surface area (Å²) in [5, 5.41) is 0. The SMILES string of the molecule is O=C(CF)C(F)(F)C(F)(F)C(F)(F)C(F)(F)C(F)(F)F. The minimum Gasteiger partial charge on any atom is -0.290 e. The summed E-state index contributed by atoms with van der Waals surface area (Å²) in [5.74, 6) is -33.1. The highest BCUT2D eigenvalue weighted by atomic mass is 19.4. The monoisotopic (exact) mass is 330 g/mol. The zero-order chi connectivity index (χ0) is 16.8. The molecule has 0 atom stereocenters. The molecule has 0 aliphatic heterocycles. The fourth-order valence-corrected chi connectivity index (χ4v) is 0.831. The first-order valence-corrected chi connectivity index (χ1v) is 4.15. The second kappa shape index (κ2) is 4.69. The Hall–Kier alpha value is -1.17. The van der Waals surface area contributed by atoms with Crippen molar-refractivity contribution >= 4 is 5.78 Å². The Labute approximate surface area is 101 Å².